The molecule has 1 rings (SSSR count). The summed E-state index contributed by atoms with van der Waals surface area (Å²) < 4.78 is 5.28. The lowest BCUT2D eigenvalue weighted by atomic mass is 10.3. The first kappa shape index (κ1) is 15.2. The fraction of sp³-hybridized carbons (Fsp3) is 0.833. The SMILES string of the molecule is N#CCCN(CCCN1CCOCC1)C(=O)CCl. The van der Waals surface area contributed by atoms with E-state index in [2.05, 4.69) is 11.0 Å². The molecule has 0 N–H and O–H groups in total. The van der Waals surface area contributed by atoms with Gasteiger partial charge in [-0.3, -0.25) is 9.69 Å². The number of nitriles is 1. The average molecular weight is 274 g/mol. The number of amides is 1. The Kier molecular flexibility index (Phi) is 7.74. The van der Waals surface area contributed by atoms with Crippen molar-refractivity contribution < 1.29 is 9.53 Å². The van der Waals surface area contributed by atoms with Crippen LogP contribution in [0.3, 0.4) is 0 Å². The molecule has 0 aromatic carbocycles. The Bertz CT molecular complexity index is 288. The second-order valence-corrected chi connectivity index (χ2v) is 4.50. The molecule has 0 saturated carbocycles. The van der Waals surface area contributed by atoms with E-state index in [1.54, 1.807) is 4.90 Å². The van der Waals surface area contributed by atoms with Gasteiger partial charge in [0.2, 0.25) is 5.91 Å². The van der Waals surface area contributed by atoms with Crippen LogP contribution in [0.4, 0.5) is 0 Å². The van der Waals surface area contributed by atoms with E-state index in [1.807, 2.05) is 0 Å². The van der Waals surface area contributed by atoms with E-state index in [-0.39, 0.29) is 11.8 Å². The third-order valence-corrected chi connectivity index (χ3v) is 3.20. The summed E-state index contributed by atoms with van der Waals surface area (Å²) in [5.41, 5.74) is 0. The third-order valence-electron chi connectivity index (χ3n) is 2.97. The van der Waals surface area contributed by atoms with Gasteiger partial charge in [-0.2, -0.15) is 5.26 Å². The molecular weight excluding hydrogens is 254 g/mol. The topological polar surface area (TPSA) is 56.6 Å². The van der Waals surface area contributed by atoms with Crippen molar-refractivity contribution in [1.82, 2.24) is 9.80 Å². The van der Waals surface area contributed by atoms with Crippen LogP contribution < -0.4 is 0 Å². The first-order chi connectivity index (χ1) is 8.77. The lowest BCUT2D eigenvalue weighted by Gasteiger charge is -2.28. The predicted octanol–water partition coefficient (Wildman–Crippen LogP) is 0.690. The molecule has 0 spiro atoms. The van der Waals surface area contributed by atoms with Crippen LogP contribution >= 0.6 is 11.6 Å². The summed E-state index contributed by atoms with van der Waals surface area (Å²) >= 11 is 5.55. The number of hydrogen-bond acceptors (Lipinski definition) is 4. The Hall–Kier alpha value is -0.830. The van der Waals surface area contributed by atoms with Crippen LogP contribution in [0.15, 0.2) is 0 Å². The minimum Gasteiger partial charge on any atom is -0.379 e. The van der Waals surface area contributed by atoms with E-state index >= 15 is 0 Å². The first-order valence-corrected chi connectivity index (χ1v) is 6.82. The molecule has 0 radical (unpaired) electrons. The molecule has 0 bridgehead atoms. The Morgan fingerprint density at radius 3 is 2.72 bits per heavy atom. The highest BCUT2D eigenvalue weighted by Crippen LogP contribution is 2.01. The Morgan fingerprint density at radius 2 is 2.11 bits per heavy atom. The summed E-state index contributed by atoms with van der Waals surface area (Å²) in [6.07, 6.45) is 1.27. The predicted molar refractivity (Wildman–Crippen MR) is 69.4 cm³/mol. The molecule has 1 saturated heterocycles. The minimum atomic E-state index is -0.0890. The van der Waals surface area contributed by atoms with Crippen LogP contribution in [0.25, 0.3) is 0 Å². The van der Waals surface area contributed by atoms with E-state index in [4.69, 9.17) is 21.6 Å². The first-order valence-electron chi connectivity index (χ1n) is 6.28. The Balaban J connectivity index is 2.23. The van der Waals surface area contributed by atoms with Gasteiger partial charge in [-0.15, -0.1) is 11.6 Å². The number of carbonyl (C=O) groups excluding carboxylic acids is 1. The van der Waals surface area contributed by atoms with Crippen LogP contribution in [0.2, 0.25) is 0 Å². The molecule has 0 aliphatic carbocycles. The van der Waals surface area contributed by atoms with Crippen molar-refractivity contribution in [2.24, 2.45) is 0 Å². The number of ether oxygens (including phenoxy) is 1. The zero-order valence-electron chi connectivity index (χ0n) is 10.6. The third kappa shape index (κ3) is 5.67. The van der Waals surface area contributed by atoms with Crippen LogP contribution in [0.1, 0.15) is 12.8 Å². The Labute approximate surface area is 113 Å². The van der Waals surface area contributed by atoms with Crippen molar-refractivity contribution in [3.63, 3.8) is 0 Å². The molecule has 0 aromatic rings. The van der Waals surface area contributed by atoms with Gasteiger partial charge in [-0.25, -0.2) is 0 Å². The van der Waals surface area contributed by atoms with E-state index in [9.17, 15) is 4.79 Å². The number of nitrogens with zero attached hydrogens (tertiary/aromatic N) is 3. The molecule has 5 nitrogen and oxygen atoms in total. The molecular formula is C12H20ClN3O2. The molecule has 1 heterocycles. The number of hydrogen-bond donors (Lipinski definition) is 0. The molecule has 18 heavy (non-hydrogen) atoms. The highest BCUT2D eigenvalue weighted by Gasteiger charge is 2.13. The second-order valence-electron chi connectivity index (χ2n) is 4.23. The monoisotopic (exact) mass is 273 g/mol. The average Bonchev–Trinajstić information content (AvgIpc) is 2.43. The van der Waals surface area contributed by atoms with Crippen molar-refractivity contribution in [2.45, 2.75) is 12.8 Å². The van der Waals surface area contributed by atoms with Gasteiger partial charge in [0.15, 0.2) is 0 Å². The molecule has 1 amide bonds. The highest BCUT2D eigenvalue weighted by molar-refractivity contribution is 6.27. The molecule has 6 heteroatoms. The summed E-state index contributed by atoms with van der Waals surface area (Å²) in [6.45, 7) is 5.61. The van der Waals surface area contributed by atoms with Gasteiger partial charge >= 0.3 is 0 Å². The lowest BCUT2D eigenvalue weighted by molar-refractivity contribution is -0.128. The summed E-state index contributed by atoms with van der Waals surface area (Å²) in [5.74, 6) is -0.0999. The molecule has 0 aromatic heterocycles. The number of alkyl halides is 1. The minimum absolute atomic E-state index is 0.0109. The largest absolute Gasteiger partial charge is 0.379 e. The van der Waals surface area contributed by atoms with Crippen molar-refractivity contribution in [3.8, 4) is 6.07 Å². The van der Waals surface area contributed by atoms with Crippen molar-refractivity contribution in [1.29, 1.82) is 5.26 Å². The fourth-order valence-electron chi connectivity index (χ4n) is 1.94. The van der Waals surface area contributed by atoms with E-state index in [1.165, 1.54) is 0 Å². The van der Waals surface area contributed by atoms with Crippen LogP contribution in [0.5, 0.6) is 0 Å². The van der Waals surface area contributed by atoms with Gasteiger partial charge in [0, 0.05) is 32.7 Å². The second kappa shape index (κ2) is 9.15. The molecule has 1 aliphatic heterocycles. The number of carbonyl (C=O) groups is 1. The highest BCUT2D eigenvalue weighted by atomic mass is 35.5. The van der Waals surface area contributed by atoms with Crippen molar-refractivity contribution in [2.75, 3.05) is 51.8 Å². The molecule has 0 atom stereocenters. The van der Waals surface area contributed by atoms with Crippen LogP contribution in [-0.4, -0.2) is 67.5 Å². The maximum absolute atomic E-state index is 11.6. The molecule has 102 valence electrons. The van der Waals surface area contributed by atoms with Crippen molar-refractivity contribution in [3.05, 3.63) is 0 Å². The van der Waals surface area contributed by atoms with E-state index < -0.39 is 0 Å². The standard InChI is InChI=1S/C12H20ClN3O2/c13-11-12(17)16(5-1-3-14)6-2-4-15-7-9-18-10-8-15/h1-2,4-11H2. The number of morpholine rings is 1. The molecule has 1 aliphatic rings. The summed E-state index contributed by atoms with van der Waals surface area (Å²) in [4.78, 5) is 15.6. The van der Waals surface area contributed by atoms with Gasteiger partial charge in [0.25, 0.3) is 0 Å². The zero-order chi connectivity index (χ0) is 13.2. The molecule has 1 fully saturated rings. The quantitative estimate of drug-likeness (QED) is 0.641. The lowest BCUT2D eigenvalue weighted by Crippen LogP contribution is -2.39. The number of halogens is 1. The normalized spacial score (nSPS) is 16.2. The van der Waals surface area contributed by atoms with Gasteiger partial charge in [-0.05, 0) is 6.42 Å². The van der Waals surface area contributed by atoms with Crippen LogP contribution in [0, 0.1) is 11.3 Å². The van der Waals surface area contributed by atoms with E-state index in [0.29, 0.717) is 19.5 Å². The maximum atomic E-state index is 11.6. The van der Waals surface area contributed by atoms with E-state index in [0.717, 1.165) is 39.3 Å². The van der Waals surface area contributed by atoms with Gasteiger partial charge < -0.3 is 9.64 Å². The fourth-order valence-corrected chi connectivity index (χ4v) is 2.11. The molecule has 0 unspecified atom stereocenters. The van der Waals surface area contributed by atoms with Crippen molar-refractivity contribution >= 4 is 17.5 Å². The smallest absolute Gasteiger partial charge is 0.237 e. The Morgan fingerprint density at radius 1 is 1.39 bits per heavy atom. The van der Waals surface area contributed by atoms with Gasteiger partial charge in [-0.1, -0.05) is 0 Å². The van der Waals surface area contributed by atoms with Gasteiger partial charge in [0.05, 0.1) is 25.7 Å². The van der Waals surface area contributed by atoms with Crippen LogP contribution in [-0.2, 0) is 9.53 Å². The summed E-state index contributed by atoms with van der Waals surface area (Å²) in [6, 6.07) is 2.05. The summed E-state index contributed by atoms with van der Waals surface area (Å²) in [5, 5.41) is 8.56. The maximum Gasteiger partial charge on any atom is 0.237 e. The zero-order valence-corrected chi connectivity index (χ0v) is 11.4. The number of rotatable bonds is 7. The summed E-state index contributed by atoms with van der Waals surface area (Å²) in [7, 11) is 0. The van der Waals surface area contributed by atoms with Gasteiger partial charge in [0.1, 0.15) is 5.88 Å².